The number of nitro benzene ring substituents is 1. The lowest BCUT2D eigenvalue weighted by atomic mass is 10.2. The van der Waals surface area contributed by atoms with Crippen molar-refractivity contribution in [2.24, 2.45) is 0 Å². The predicted molar refractivity (Wildman–Crippen MR) is 169 cm³/mol. The molecule has 2 N–H and O–H groups in total. The van der Waals surface area contributed by atoms with E-state index in [0.29, 0.717) is 5.75 Å². The fourth-order valence-corrected chi connectivity index (χ4v) is 4.97. The highest BCUT2D eigenvalue weighted by molar-refractivity contribution is 6.00. The number of nitro groups is 1. The number of nitrogens with zero attached hydrogens (tertiary/aromatic N) is 7. The topological polar surface area (TPSA) is 158 Å². The van der Waals surface area contributed by atoms with E-state index in [0.717, 1.165) is 53.6 Å². The highest BCUT2D eigenvalue weighted by Crippen LogP contribution is 2.38. The fourth-order valence-electron chi connectivity index (χ4n) is 4.97. The third-order valence-corrected chi connectivity index (χ3v) is 7.35. The van der Waals surface area contributed by atoms with Crippen LogP contribution in [0.2, 0.25) is 0 Å². The molecule has 2 heterocycles. The maximum absolute atomic E-state index is 13.6. The Bertz CT molecular complexity index is 1680. The molecular weight excluding hydrogens is 580 g/mol. The van der Waals surface area contributed by atoms with Crippen molar-refractivity contribution in [2.75, 3.05) is 55.0 Å². The molecule has 3 aromatic carbocycles. The summed E-state index contributed by atoms with van der Waals surface area (Å²) in [6.07, 6.45) is -0.221. The second-order valence-electron chi connectivity index (χ2n) is 10.3. The van der Waals surface area contributed by atoms with Gasteiger partial charge in [0, 0.05) is 62.7 Å². The Labute approximate surface area is 259 Å². The number of methoxy groups -OCH3 is 1. The number of rotatable bonds is 9. The standard InChI is InChI=1S/C31H32N8O6/c1-35-13-15-36(16-14-35)23-11-12-26(27(18-23)45-2)38(31(41)42)29-19-28(33-21-34-29)37(24-9-6-10-25(17-24)39(43)44)30(40)32-20-22-7-4-3-5-8-22/h3-12,17-19,21H,13-16,20H2,1-2H3,(H,32,40)(H,41,42). The minimum absolute atomic E-state index is 0.00895. The quantitative estimate of drug-likeness (QED) is 0.194. The van der Waals surface area contributed by atoms with Gasteiger partial charge in [-0.25, -0.2) is 29.4 Å². The molecule has 3 amide bonds. The highest BCUT2D eigenvalue weighted by Gasteiger charge is 2.27. The molecule has 1 fully saturated rings. The molecule has 1 aliphatic heterocycles. The van der Waals surface area contributed by atoms with Gasteiger partial charge < -0.3 is 25.0 Å². The molecule has 45 heavy (non-hydrogen) atoms. The van der Waals surface area contributed by atoms with Gasteiger partial charge in [0.15, 0.2) is 0 Å². The Morgan fingerprint density at radius 1 is 0.956 bits per heavy atom. The van der Waals surface area contributed by atoms with Crippen LogP contribution in [0.1, 0.15) is 5.56 Å². The zero-order valence-electron chi connectivity index (χ0n) is 24.7. The Hall–Kier alpha value is -5.76. The highest BCUT2D eigenvalue weighted by atomic mass is 16.6. The minimum atomic E-state index is -1.35. The molecule has 0 bridgehead atoms. The summed E-state index contributed by atoms with van der Waals surface area (Å²) >= 11 is 0. The van der Waals surface area contributed by atoms with Gasteiger partial charge in [-0.1, -0.05) is 36.4 Å². The van der Waals surface area contributed by atoms with Gasteiger partial charge in [-0.3, -0.25) is 10.1 Å². The molecule has 0 saturated carbocycles. The van der Waals surface area contributed by atoms with E-state index in [1.807, 2.05) is 36.4 Å². The average Bonchev–Trinajstić information content (AvgIpc) is 3.05. The number of carboxylic acid groups (broad SMARTS) is 1. The summed E-state index contributed by atoms with van der Waals surface area (Å²) < 4.78 is 5.62. The van der Waals surface area contributed by atoms with Crippen LogP contribution in [0.25, 0.3) is 0 Å². The van der Waals surface area contributed by atoms with Crippen molar-refractivity contribution < 1.29 is 24.4 Å². The number of carbonyl (C=O) groups is 2. The number of aromatic nitrogens is 2. The smallest absolute Gasteiger partial charge is 0.417 e. The number of ether oxygens (including phenoxy) is 1. The summed E-state index contributed by atoms with van der Waals surface area (Å²) in [6, 6.07) is 20.7. The first-order valence-electron chi connectivity index (χ1n) is 14.1. The van der Waals surface area contributed by atoms with Gasteiger partial charge in [0.05, 0.1) is 23.4 Å². The Balaban J connectivity index is 1.52. The third-order valence-electron chi connectivity index (χ3n) is 7.35. The van der Waals surface area contributed by atoms with Gasteiger partial charge >= 0.3 is 12.1 Å². The van der Waals surface area contributed by atoms with Crippen LogP contribution >= 0.6 is 0 Å². The third kappa shape index (κ3) is 7.08. The van der Waals surface area contributed by atoms with E-state index >= 15 is 0 Å². The molecule has 4 aromatic rings. The van der Waals surface area contributed by atoms with Gasteiger partial charge in [-0.05, 0) is 30.8 Å². The van der Waals surface area contributed by atoms with Crippen LogP contribution in [0.3, 0.4) is 0 Å². The molecule has 14 heteroatoms. The number of hydrogen-bond donors (Lipinski definition) is 2. The van der Waals surface area contributed by atoms with Crippen molar-refractivity contribution in [3.05, 3.63) is 101 Å². The summed E-state index contributed by atoms with van der Waals surface area (Å²) in [4.78, 5) is 52.2. The van der Waals surface area contributed by atoms with Crippen LogP contribution in [0.15, 0.2) is 85.2 Å². The number of benzene rings is 3. The van der Waals surface area contributed by atoms with Crippen LogP contribution in [0.5, 0.6) is 5.75 Å². The lowest BCUT2D eigenvalue weighted by Gasteiger charge is -2.34. The first-order chi connectivity index (χ1) is 21.7. The Kier molecular flexibility index (Phi) is 9.34. The normalized spacial score (nSPS) is 13.2. The number of piperazine rings is 1. The summed E-state index contributed by atoms with van der Waals surface area (Å²) in [7, 11) is 3.52. The summed E-state index contributed by atoms with van der Waals surface area (Å²) in [6.45, 7) is 3.60. The zero-order valence-corrected chi connectivity index (χ0v) is 24.7. The summed E-state index contributed by atoms with van der Waals surface area (Å²) in [5.74, 6) is 0.236. The maximum Gasteiger partial charge on any atom is 0.417 e. The maximum atomic E-state index is 13.6. The predicted octanol–water partition coefficient (Wildman–Crippen LogP) is 5.01. The van der Waals surface area contributed by atoms with Crippen molar-refractivity contribution in [2.45, 2.75) is 6.54 Å². The number of hydrogen-bond acceptors (Lipinski definition) is 9. The first kappa shape index (κ1) is 30.7. The summed E-state index contributed by atoms with van der Waals surface area (Å²) in [5.41, 5.74) is 1.85. The van der Waals surface area contributed by atoms with Crippen molar-refractivity contribution in [3.8, 4) is 5.75 Å². The SMILES string of the molecule is COc1cc(N2CCN(C)CC2)ccc1N(C(=O)O)c1cc(N(C(=O)NCc2ccccc2)c2cccc([N+](=O)[O-])c2)ncn1. The van der Waals surface area contributed by atoms with E-state index in [1.165, 1.54) is 37.4 Å². The van der Waals surface area contributed by atoms with Crippen LogP contribution in [0, 0.1) is 10.1 Å². The number of carbonyl (C=O) groups excluding carboxylic acids is 1. The molecule has 1 saturated heterocycles. The van der Waals surface area contributed by atoms with Crippen molar-refractivity contribution in [3.63, 3.8) is 0 Å². The lowest BCUT2D eigenvalue weighted by molar-refractivity contribution is -0.384. The van der Waals surface area contributed by atoms with Crippen molar-refractivity contribution >= 4 is 46.5 Å². The van der Waals surface area contributed by atoms with Gasteiger partial charge in [0.2, 0.25) is 0 Å². The number of anilines is 5. The van der Waals surface area contributed by atoms with Crippen LogP contribution in [-0.2, 0) is 6.54 Å². The van der Waals surface area contributed by atoms with E-state index in [9.17, 15) is 24.8 Å². The second kappa shape index (κ2) is 13.7. The van der Waals surface area contributed by atoms with Crippen LogP contribution in [-0.4, -0.2) is 77.4 Å². The number of non-ortho nitro benzene ring substituents is 1. The molecule has 0 spiro atoms. The van der Waals surface area contributed by atoms with Gasteiger partial charge in [0.25, 0.3) is 5.69 Å². The number of nitrogens with one attached hydrogen (secondary N) is 1. The Morgan fingerprint density at radius 3 is 2.33 bits per heavy atom. The molecule has 1 aromatic heterocycles. The van der Waals surface area contributed by atoms with Gasteiger partial charge in [-0.2, -0.15) is 0 Å². The number of urea groups is 1. The van der Waals surface area contributed by atoms with E-state index in [2.05, 4.69) is 32.1 Å². The minimum Gasteiger partial charge on any atom is -0.494 e. The van der Waals surface area contributed by atoms with Gasteiger partial charge in [0.1, 0.15) is 23.7 Å². The molecule has 14 nitrogen and oxygen atoms in total. The van der Waals surface area contributed by atoms with Crippen molar-refractivity contribution in [1.29, 1.82) is 0 Å². The molecule has 0 radical (unpaired) electrons. The largest absolute Gasteiger partial charge is 0.494 e. The molecule has 5 rings (SSSR count). The van der Waals surface area contributed by atoms with E-state index in [1.54, 1.807) is 12.1 Å². The average molecular weight is 613 g/mol. The molecule has 232 valence electrons. The summed E-state index contributed by atoms with van der Waals surface area (Å²) in [5, 5.41) is 24.7. The van der Waals surface area contributed by atoms with E-state index in [4.69, 9.17) is 4.74 Å². The molecule has 0 aliphatic carbocycles. The van der Waals surface area contributed by atoms with E-state index in [-0.39, 0.29) is 35.2 Å². The first-order valence-corrected chi connectivity index (χ1v) is 14.1. The second-order valence-corrected chi connectivity index (χ2v) is 10.3. The lowest BCUT2D eigenvalue weighted by Crippen LogP contribution is -2.44. The zero-order chi connectivity index (χ0) is 31.9. The van der Waals surface area contributed by atoms with Crippen LogP contribution < -0.4 is 24.8 Å². The fraction of sp³-hybridized carbons (Fsp3) is 0.226. The number of likely N-dealkylation sites (N-methyl/N-ethyl adjacent to an activating group) is 1. The molecular formula is C31H32N8O6. The van der Waals surface area contributed by atoms with E-state index < -0.39 is 17.0 Å². The molecule has 1 aliphatic rings. The number of amides is 3. The monoisotopic (exact) mass is 612 g/mol. The molecule has 0 unspecified atom stereocenters. The Morgan fingerprint density at radius 2 is 1.67 bits per heavy atom. The molecule has 0 atom stereocenters. The van der Waals surface area contributed by atoms with Crippen LogP contribution in [0.4, 0.5) is 44.0 Å². The van der Waals surface area contributed by atoms with Crippen molar-refractivity contribution in [1.82, 2.24) is 20.2 Å². The van der Waals surface area contributed by atoms with Gasteiger partial charge in [-0.15, -0.1) is 0 Å².